The van der Waals surface area contributed by atoms with Crippen LogP contribution in [-0.2, 0) is 6.54 Å². The molecule has 0 aliphatic carbocycles. The third kappa shape index (κ3) is 4.91. The molecule has 1 rings (SSSR count). The summed E-state index contributed by atoms with van der Waals surface area (Å²) in [5.74, 6) is -0.524. The first-order valence-corrected chi connectivity index (χ1v) is 5.40. The minimum Gasteiger partial charge on any atom is -0.310 e. The maximum absolute atomic E-state index is 13.3. The molecule has 1 atom stereocenters. The minimum absolute atomic E-state index is 0.0250. The number of halogens is 5. The van der Waals surface area contributed by atoms with Crippen LogP contribution in [0.3, 0.4) is 0 Å². The summed E-state index contributed by atoms with van der Waals surface area (Å²) in [5.41, 5.74) is 0.184. The summed E-state index contributed by atoms with van der Waals surface area (Å²) in [6.07, 6.45) is -5.19. The van der Waals surface area contributed by atoms with Gasteiger partial charge in [0.1, 0.15) is 5.82 Å². The molecule has 0 saturated heterocycles. The van der Waals surface area contributed by atoms with Gasteiger partial charge < -0.3 is 5.32 Å². The van der Waals surface area contributed by atoms with Crippen LogP contribution < -0.4 is 5.32 Å². The molecule has 0 spiro atoms. The van der Waals surface area contributed by atoms with Gasteiger partial charge >= 0.3 is 6.18 Å². The zero-order chi connectivity index (χ0) is 13.1. The molecular formula is C11H12ClF4N. The van der Waals surface area contributed by atoms with E-state index in [-0.39, 0.29) is 17.1 Å². The highest BCUT2D eigenvalue weighted by atomic mass is 35.5. The second-order valence-corrected chi connectivity index (χ2v) is 4.21. The van der Waals surface area contributed by atoms with Gasteiger partial charge in [-0.15, -0.1) is 0 Å². The summed E-state index contributed by atoms with van der Waals surface area (Å²) in [6, 6.07) is 3.37. The second-order valence-electron chi connectivity index (χ2n) is 3.80. The molecule has 0 aromatic heterocycles. The fourth-order valence-electron chi connectivity index (χ4n) is 1.40. The normalized spacial score (nSPS) is 13.8. The molecule has 0 radical (unpaired) electrons. The van der Waals surface area contributed by atoms with Crippen molar-refractivity contribution in [1.82, 2.24) is 5.32 Å². The molecule has 6 heteroatoms. The van der Waals surface area contributed by atoms with Crippen molar-refractivity contribution < 1.29 is 17.6 Å². The van der Waals surface area contributed by atoms with Crippen molar-refractivity contribution in [2.45, 2.75) is 32.1 Å². The van der Waals surface area contributed by atoms with E-state index in [1.54, 1.807) is 0 Å². The highest BCUT2D eigenvalue weighted by Gasteiger charge is 2.29. The van der Waals surface area contributed by atoms with Crippen LogP contribution in [0.25, 0.3) is 0 Å². The van der Waals surface area contributed by atoms with E-state index in [2.05, 4.69) is 5.32 Å². The van der Waals surface area contributed by atoms with Crippen molar-refractivity contribution in [3.05, 3.63) is 34.6 Å². The Bertz CT molecular complexity index is 358. The third-order valence-corrected chi connectivity index (χ3v) is 2.58. The van der Waals surface area contributed by atoms with Crippen molar-refractivity contribution in [3.8, 4) is 0 Å². The highest BCUT2D eigenvalue weighted by molar-refractivity contribution is 6.31. The monoisotopic (exact) mass is 269 g/mol. The summed E-state index contributed by atoms with van der Waals surface area (Å²) >= 11 is 5.74. The lowest BCUT2D eigenvalue weighted by Crippen LogP contribution is -2.31. The van der Waals surface area contributed by atoms with E-state index in [1.807, 2.05) is 0 Å². The Morgan fingerprint density at radius 1 is 1.35 bits per heavy atom. The molecule has 1 N–H and O–H groups in total. The van der Waals surface area contributed by atoms with Crippen LogP contribution in [0.5, 0.6) is 0 Å². The Hall–Kier alpha value is -0.810. The van der Waals surface area contributed by atoms with Crippen LogP contribution in [-0.4, -0.2) is 12.2 Å². The maximum Gasteiger partial charge on any atom is 0.390 e. The zero-order valence-corrected chi connectivity index (χ0v) is 9.87. The molecule has 0 aliphatic heterocycles. The van der Waals surface area contributed by atoms with Crippen LogP contribution in [0.2, 0.25) is 5.02 Å². The number of hydrogen-bond donors (Lipinski definition) is 1. The van der Waals surface area contributed by atoms with Crippen LogP contribution >= 0.6 is 11.6 Å². The molecule has 0 amide bonds. The Balaban J connectivity index is 2.56. The minimum atomic E-state index is -4.23. The molecule has 1 unspecified atom stereocenters. The van der Waals surface area contributed by atoms with Gasteiger partial charge in [-0.1, -0.05) is 17.7 Å². The van der Waals surface area contributed by atoms with Crippen molar-refractivity contribution in [3.63, 3.8) is 0 Å². The maximum atomic E-state index is 13.3. The highest BCUT2D eigenvalue weighted by Crippen LogP contribution is 2.22. The number of hydrogen-bond acceptors (Lipinski definition) is 1. The van der Waals surface area contributed by atoms with E-state index < -0.39 is 24.5 Å². The largest absolute Gasteiger partial charge is 0.390 e. The van der Waals surface area contributed by atoms with E-state index in [9.17, 15) is 17.6 Å². The molecule has 0 aliphatic rings. The number of benzene rings is 1. The Morgan fingerprint density at radius 2 is 2.00 bits per heavy atom. The van der Waals surface area contributed by atoms with E-state index in [1.165, 1.54) is 25.1 Å². The smallest absolute Gasteiger partial charge is 0.310 e. The zero-order valence-electron chi connectivity index (χ0n) is 9.11. The van der Waals surface area contributed by atoms with Gasteiger partial charge in [0.25, 0.3) is 0 Å². The fourth-order valence-corrected chi connectivity index (χ4v) is 1.63. The summed E-state index contributed by atoms with van der Waals surface area (Å²) in [6.45, 7) is 1.37. The van der Waals surface area contributed by atoms with Crippen LogP contribution in [0.15, 0.2) is 18.2 Å². The standard InChI is InChI=1S/C11H12ClF4N/c1-7(5-11(14,15)16)17-6-8-9(12)3-2-4-10(8)13/h2-4,7,17H,5-6H2,1H3. The van der Waals surface area contributed by atoms with Gasteiger partial charge in [0.15, 0.2) is 0 Å². The molecule has 0 fully saturated rings. The van der Waals surface area contributed by atoms with Gasteiger partial charge in [-0.3, -0.25) is 0 Å². The lowest BCUT2D eigenvalue weighted by molar-refractivity contribution is -0.139. The summed E-state index contributed by atoms with van der Waals surface area (Å²) < 4.78 is 49.4. The van der Waals surface area contributed by atoms with E-state index in [0.717, 1.165) is 0 Å². The molecule has 0 bridgehead atoms. The van der Waals surface area contributed by atoms with E-state index >= 15 is 0 Å². The Kier molecular flexibility index (Phi) is 4.77. The van der Waals surface area contributed by atoms with Crippen molar-refractivity contribution in [2.24, 2.45) is 0 Å². The first-order chi connectivity index (χ1) is 7.79. The fraction of sp³-hybridized carbons (Fsp3) is 0.455. The number of alkyl halides is 3. The molecule has 0 saturated carbocycles. The number of nitrogens with one attached hydrogen (secondary N) is 1. The predicted octanol–water partition coefficient (Wildman–Crippen LogP) is 3.91. The summed E-state index contributed by atoms with van der Waals surface area (Å²) in [5, 5.41) is 2.80. The van der Waals surface area contributed by atoms with Gasteiger partial charge in [-0.2, -0.15) is 13.2 Å². The molecule has 96 valence electrons. The van der Waals surface area contributed by atoms with E-state index in [0.29, 0.717) is 0 Å². The second kappa shape index (κ2) is 5.69. The van der Waals surface area contributed by atoms with Crippen LogP contribution in [0.1, 0.15) is 18.9 Å². The summed E-state index contributed by atoms with van der Waals surface area (Å²) in [4.78, 5) is 0. The quantitative estimate of drug-likeness (QED) is 0.817. The van der Waals surface area contributed by atoms with E-state index in [4.69, 9.17) is 11.6 Å². The van der Waals surface area contributed by atoms with Gasteiger partial charge in [-0.05, 0) is 19.1 Å². The lowest BCUT2D eigenvalue weighted by Gasteiger charge is -2.16. The molecule has 1 nitrogen and oxygen atoms in total. The SMILES string of the molecule is CC(CC(F)(F)F)NCc1c(F)cccc1Cl. The van der Waals surface area contributed by atoms with Crippen molar-refractivity contribution in [2.75, 3.05) is 0 Å². The number of rotatable bonds is 4. The molecule has 17 heavy (non-hydrogen) atoms. The van der Waals surface area contributed by atoms with Crippen molar-refractivity contribution in [1.29, 1.82) is 0 Å². The van der Waals surface area contributed by atoms with Gasteiger partial charge in [0.05, 0.1) is 6.42 Å². The van der Waals surface area contributed by atoms with Gasteiger partial charge in [-0.25, -0.2) is 4.39 Å². The predicted molar refractivity (Wildman–Crippen MR) is 58.4 cm³/mol. The van der Waals surface area contributed by atoms with Crippen LogP contribution in [0.4, 0.5) is 17.6 Å². The van der Waals surface area contributed by atoms with Crippen molar-refractivity contribution >= 4 is 11.6 Å². The van der Waals surface area contributed by atoms with Gasteiger partial charge in [0, 0.05) is 23.2 Å². The third-order valence-electron chi connectivity index (χ3n) is 2.23. The molecule has 1 aromatic rings. The first kappa shape index (κ1) is 14.3. The van der Waals surface area contributed by atoms with Gasteiger partial charge in [0.2, 0.25) is 0 Å². The lowest BCUT2D eigenvalue weighted by atomic mass is 10.1. The Morgan fingerprint density at radius 3 is 2.53 bits per heavy atom. The average Bonchev–Trinajstić information content (AvgIpc) is 2.14. The molecule has 0 heterocycles. The first-order valence-electron chi connectivity index (χ1n) is 5.02. The van der Waals surface area contributed by atoms with Crippen LogP contribution in [0, 0.1) is 5.82 Å². The average molecular weight is 270 g/mol. The summed E-state index contributed by atoms with van der Waals surface area (Å²) in [7, 11) is 0. The topological polar surface area (TPSA) is 12.0 Å². The molecule has 1 aromatic carbocycles. The molecular weight excluding hydrogens is 258 g/mol. The Labute approximate surface area is 102 Å².